The molecule has 0 saturated heterocycles. The molecule has 2 aromatic carbocycles. The maximum absolute atomic E-state index is 13.1. The molecule has 0 bridgehead atoms. The van der Waals surface area contributed by atoms with Crippen LogP contribution in [0.1, 0.15) is 23.1 Å². The van der Waals surface area contributed by atoms with E-state index < -0.39 is 0 Å². The van der Waals surface area contributed by atoms with Crippen molar-refractivity contribution >= 4 is 11.3 Å². The summed E-state index contributed by atoms with van der Waals surface area (Å²) in [5.74, 6) is 0.410. The Morgan fingerprint density at radius 1 is 1.17 bits per heavy atom. The summed E-state index contributed by atoms with van der Waals surface area (Å²) in [6.45, 7) is 4.27. The second kappa shape index (κ2) is 8.05. The zero-order valence-electron chi connectivity index (χ0n) is 16.1. The number of benzene rings is 2. The van der Waals surface area contributed by atoms with Crippen molar-refractivity contribution in [2.75, 3.05) is 0 Å². The van der Waals surface area contributed by atoms with Gasteiger partial charge in [-0.1, -0.05) is 19.1 Å². The van der Waals surface area contributed by atoms with E-state index in [9.17, 15) is 9.50 Å². The van der Waals surface area contributed by atoms with E-state index in [-0.39, 0.29) is 11.6 Å². The molecule has 2 N–H and O–H groups in total. The molecule has 0 spiro atoms. The summed E-state index contributed by atoms with van der Waals surface area (Å²) in [7, 11) is 0. The average molecular weight is 409 g/mol. The number of nitrogens with one attached hydrogen (secondary N) is 1. The Labute approximate surface area is 171 Å². The van der Waals surface area contributed by atoms with Gasteiger partial charge < -0.3 is 9.84 Å². The number of aryl methyl sites for hydroxylation is 2. The van der Waals surface area contributed by atoms with Crippen molar-refractivity contribution in [1.29, 1.82) is 0 Å². The van der Waals surface area contributed by atoms with Gasteiger partial charge in [-0.15, -0.1) is 11.3 Å². The predicted molar refractivity (Wildman–Crippen MR) is 112 cm³/mol. The number of aromatic amines is 1. The van der Waals surface area contributed by atoms with Crippen molar-refractivity contribution in [2.24, 2.45) is 0 Å². The van der Waals surface area contributed by atoms with Crippen molar-refractivity contribution in [3.05, 3.63) is 69.9 Å². The first-order chi connectivity index (χ1) is 14.0. The zero-order chi connectivity index (χ0) is 20.4. The Balaban J connectivity index is 1.65. The Morgan fingerprint density at radius 3 is 2.66 bits per heavy atom. The molecule has 0 aliphatic heterocycles. The third-order valence-electron chi connectivity index (χ3n) is 4.67. The maximum Gasteiger partial charge on any atom is 0.128 e. The van der Waals surface area contributed by atoms with Gasteiger partial charge in [0.25, 0.3) is 0 Å². The number of halogens is 1. The van der Waals surface area contributed by atoms with Crippen LogP contribution in [0.4, 0.5) is 4.39 Å². The van der Waals surface area contributed by atoms with Crippen LogP contribution in [-0.4, -0.2) is 20.3 Å². The van der Waals surface area contributed by atoms with Crippen molar-refractivity contribution in [1.82, 2.24) is 15.2 Å². The van der Waals surface area contributed by atoms with E-state index in [1.807, 2.05) is 25.3 Å². The number of phenolic OH excluding ortho intramolecular Hbond substituents is 1. The monoisotopic (exact) mass is 409 g/mol. The number of hydrogen-bond acceptors (Lipinski definition) is 5. The minimum Gasteiger partial charge on any atom is -0.507 e. The number of hydrogen-bond donors (Lipinski definition) is 2. The molecule has 0 radical (unpaired) electrons. The molecule has 0 amide bonds. The van der Waals surface area contributed by atoms with Crippen LogP contribution >= 0.6 is 11.3 Å². The van der Waals surface area contributed by atoms with Crippen molar-refractivity contribution < 1.29 is 14.2 Å². The van der Waals surface area contributed by atoms with Gasteiger partial charge >= 0.3 is 0 Å². The molecule has 0 aliphatic rings. The number of H-pyrrole nitrogens is 1. The lowest BCUT2D eigenvalue weighted by Crippen LogP contribution is -1.99. The van der Waals surface area contributed by atoms with Gasteiger partial charge in [-0.25, -0.2) is 9.37 Å². The first kappa shape index (κ1) is 19.1. The number of nitrogens with zero attached hydrogens (tertiary/aromatic N) is 2. The summed E-state index contributed by atoms with van der Waals surface area (Å²) in [6.07, 6.45) is 2.44. The van der Waals surface area contributed by atoms with Crippen LogP contribution in [0.2, 0.25) is 0 Å². The van der Waals surface area contributed by atoms with Crippen LogP contribution in [0, 0.1) is 12.7 Å². The lowest BCUT2D eigenvalue weighted by Gasteiger charge is -2.14. The van der Waals surface area contributed by atoms with Gasteiger partial charge in [0.15, 0.2) is 0 Å². The largest absolute Gasteiger partial charge is 0.507 e. The van der Waals surface area contributed by atoms with Crippen LogP contribution in [0.3, 0.4) is 0 Å². The van der Waals surface area contributed by atoms with Crippen LogP contribution < -0.4 is 4.74 Å². The first-order valence-electron chi connectivity index (χ1n) is 9.24. The minimum absolute atomic E-state index is 0.0914. The molecule has 148 valence electrons. The molecular weight excluding hydrogens is 389 g/mol. The van der Waals surface area contributed by atoms with Crippen LogP contribution in [0.5, 0.6) is 11.5 Å². The highest BCUT2D eigenvalue weighted by molar-refractivity contribution is 7.09. The summed E-state index contributed by atoms with van der Waals surface area (Å²) >= 11 is 1.57. The quantitative estimate of drug-likeness (QED) is 0.441. The highest BCUT2D eigenvalue weighted by Gasteiger charge is 2.18. The molecule has 0 saturated carbocycles. The average Bonchev–Trinajstić information content (AvgIpc) is 3.36. The van der Waals surface area contributed by atoms with Gasteiger partial charge in [-0.05, 0) is 42.7 Å². The number of phenols is 1. The van der Waals surface area contributed by atoms with Crippen LogP contribution in [0.25, 0.3) is 22.5 Å². The van der Waals surface area contributed by atoms with Crippen LogP contribution in [0.15, 0.2) is 48.0 Å². The number of ether oxygens (including phenoxy) is 1. The molecule has 0 aliphatic carbocycles. The van der Waals surface area contributed by atoms with E-state index in [1.54, 1.807) is 35.7 Å². The molecule has 2 heterocycles. The number of rotatable bonds is 6. The van der Waals surface area contributed by atoms with Crippen LogP contribution in [-0.2, 0) is 13.0 Å². The third-order valence-corrected chi connectivity index (χ3v) is 5.44. The summed E-state index contributed by atoms with van der Waals surface area (Å²) < 4.78 is 19.0. The Kier molecular flexibility index (Phi) is 5.31. The molecule has 2 aromatic heterocycles. The predicted octanol–water partition coefficient (Wildman–Crippen LogP) is 5.49. The summed E-state index contributed by atoms with van der Waals surface area (Å²) in [6, 6.07) is 9.70. The van der Waals surface area contributed by atoms with Crippen molar-refractivity contribution in [3.8, 4) is 34.0 Å². The van der Waals surface area contributed by atoms with Gasteiger partial charge in [-0.3, -0.25) is 5.10 Å². The fourth-order valence-electron chi connectivity index (χ4n) is 3.14. The normalized spacial score (nSPS) is 11.0. The molecule has 5 nitrogen and oxygen atoms in total. The first-order valence-corrected chi connectivity index (χ1v) is 10.1. The van der Waals surface area contributed by atoms with Crippen molar-refractivity contribution in [3.63, 3.8) is 0 Å². The standard InChI is InChI=1S/C22H20FN3O2S/c1-3-15-8-17(22-18(10-24-26-22)19-12-29-13(2)25-19)20(27)9-21(15)28-11-14-4-6-16(23)7-5-14/h4-10,12,27H,3,11H2,1-2H3,(H,24,26). The SMILES string of the molecule is CCc1cc(-c2[nH]ncc2-c2csc(C)n2)c(O)cc1OCc1ccc(F)cc1. The fourth-order valence-corrected chi connectivity index (χ4v) is 3.75. The molecule has 0 fully saturated rings. The summed E-state index contributed by atoms with van der Waals surface area (Å²) in [4.78, 5) is 4.52. The molecule has 0 unspecified atom stereocenters. The third kappa shape index (κ3) is 4.00. The van der Waals surface area contributed by atoms with Gasteiger partial charge in [0.1, 0.15) is 23.9 Å². The van der Waals surface area contributed by atoms with E-state index in [4.69, 9.17) is 4.74 Å². The van der Waals surface area contributed by atoms with Gasteiger partial charge in [-0.2, -0.15) is 5.10 Å². The van der Waals surface area contributed by atoms with E-state index in [0.717, 1.165) is 33.8 Å². The number of thiazole rings is 1. The minimum atomic E-state index is -0.282. The lowest BCUT2D eigenvalue weighted by atomic mass is 10.0. The van der Waals surface area contributed by atoms with Gasteiger partial charge in [0.05, 0.1) is 22.6 Å². The molecule has 29 heavy (non-hydrogen) atoms. The van der Waals surface area contributed by atoms with Gasteiger partial charge in [0, 0.05) is 22.6 Å². The Bertz CT molecular complexity index is 1140. The second-order valence-corrected chi connectivity index (χ2v) is 7.72. The molecule has 0 atom stereocenters. The zero-order valence-corrected chi connectivity index (χ0v) is 16.9. The Hall–Kier alpha value is -3.19. The summed E-state index contributed by atoms with van der Waals surface area (Å²) in [5.41, 5.74) is 4.83. The number of aromatic nitrogens is 3. The highest BCUT2D eigenvalue weighted by atomic mass is 32.1. The molecule has 4 rings (SSSR count). The molecule has 4 aromatic rings. The highest BCUT2D eigenvalue weighted by Crippen LogP contribution is 2.39. The molecule has 7 heteroatoms. The van der Waals surface area contributed by atoms with Gasteiger partial charge in [0.2, 0.25) is 0 Å². The smallest absolute Gasteiger partial charge is 0.128 e. The second-order valence-electron chi connectivity index (χ2n) is 6.66. The summed E-state index contributed by atoms with van der Waals surface area (Å²) in [5, 5.41) is 20.8. The van der Waals surface area contributed by atoms with E-state index >= 15 is 0 Å². The maximum atomic E-state index is 13.1. The Morgan fingerprint density at radius 2 is 1.97 bits per heavy atom. The lowest BCUT2D eigenvalue weighted by molar-refractivity contribution is 0.301. The molecular formula is C22H20FN3O2S. The van der Waals surface area contributed by atoms with E-state index in [0.29, 0.717) is 23.6 Å². The van der Waals surface area contributed by atoms with E-state index in [1.165, 1.54) is 12.1 Å². The topological polar surface area (TPSA) is 71.0 Å². The van der Waals surface area contributed by atoms with E-state index in [2.05, 4.69) is 15.2 Å². The fraction of sp³-hybridized carbons (Fsp3) is 0.182. The number of aromatic hydroxyl groups is 1. The van der Waals surface area contributed by atoms with Crippen molar-refractivity contribution in [2.45, 2.75) is 26.9 Å².